The summed E-state index contributed by atoms with van der Waals surface area (Å²) in [7, 11) is 3.20. The molecule has 0 saturated heterocycles. The first-order valence-electron chi connectivity index (χ1n) is 3.73. The topological polar surface area (TPSA) is 27.7 Å². The zero-order chi connectivity index (χ0) is 9.68. The second kappa shape index (κ2) is 5.09. The van der Waals surface area contributed by atoms with Gasteiger partial charge in [0.2, 0.25) is 0 Å². The van der Waals surface area contributed by atoms with E-state index in [2.05, 4.69) is 15.9 Å². The summed E-state index contributed by atoms with van der Waals surface area (Å²) in [5.74, 6) is 1.53. The van der Waals surface area contributed by atoms with Crippen LogP contribution in [-0.2, 0) is 4.74 Å². The Morgan fingerprint density at radius 2 is 2.08 bits per heavy atom. The Morgan fingerprint density at radius 3 is 2.62 bits per heavy atom. The number of hydrogen-bond donors (Lipinski definition) is 0. The maximum absolute atomic E-state index is 5.26. The number of rotatable bonds is 4. The highest BCUT2D eigenvalue weighted by molar-refractivity contribution is 9.10. The van der Waals surface area contributed by atoms with Crippen molar-refractivity contribution in [2.45, 2.75) is 0 Å². The smallest absolute Gasteiger partial charge is 0.188 e. The van der Waals surface area contributed by atoms with Gasteiger partial charge in [-0.3, -0.25) is 0 Å². The summed E-state index contributed by atoms with van der Waals surface area (Å²) < 4.78 is 15.9. The molecule has 13 heavy (non-hydrogen) atoms. The first-order chi connectivity index (χ1) is 6.27. The van der Waals surface area contributed by atoms with Gasteiger partial charge in [0.1, 0.15) is 11.5 Å². The molecule has 0 bridgehead atoms. The van der Waals surface area contributed by atoms with E-state index in [-0.39, 0.29) is 6.79 Å². The average Bonchev–Trinajstić information content (AvgIpc) is 2.16. The third-order valence-electron chi connectivity index (χ3n) is 1.47. The fourth-order valence-corrected chi connectivity index (χ4v) is 1.32. The molecule has 1 rings (SSSR count). The standard InChI is InChI=1S/C9H11BrO3/c1-11-6-13-9-4-3-7(12-2)5-8(9)10/h3-5H,6H2,1-2H3. The quantitative estimate of drug-likeness (QED) is 0.765. The lowest BCUT2D eigenvalue weighted by Crippen LogP contribution is -1.99. The average molecular weight is 247 g/mol. The summed E-state index contributed by atoms with van der Waals surface area (Å²) in [6, 6.07) is 5.49. The molecular weight excluding hydrogens is 236 g/mol. The van der Waals surface area contributed by atoms with Crippen LogP contribution in [0.25, 0.3) is 0 Å². The SMILES string of the molecule is COCOc1ccc(OC)cc1Br. The van der Waals surface area contributed by atoms with E-state index in [1.54, 1.807) is 14.2 Å². The second-order valence-corrected chi connectivity index (χ2v) is 3.20. The monoisotopic (exact) mass is 246 g/mol. The number of halogens is 1. The van der Waals surface area contributed by atoms with Gasteiger partial charge >= 0.3 is 0 Å². The Hall–Kier alpha value is -0.740. The Labute approximate surface area is 85.7 Å². The van der Waals surface area contributed by atoms with Crippen molar-refractivity contribution in [3.05, 3.63) is 22.7 Å². The van der Waals surface area contributed by atoms with Crippen molar-refractivity contribution in [1.82, 2.24) is 0 Å². The number of hydrogen-bond acceptors (Lipinski definition) is 3. The first kappa shape index (κ1) is 10.3. The van der Waals surface area contributed by atoms with Gasteiger partial charge in [-0.05, 0) is 34.1 Å². The number of methoxy groups -OCH3 is 2. The van der Waals surface area contributed by atoms with Crippen LogP contribution in [0.5, 0.6) is 11.5 Å². The van der Waals surface area contributed by atoms with Gasteiger partial charge in [-0.2, -0.15) is 0 Å². The van der Waals surface area contributed by atoms with E-state index in [9.17, 15) is 0 Å². The van der Waals surface area contributed by atoms with E-state index in [0.29, 0.717) is 0 Å². The molecule has 72 valence electrons. The normalized spacial score (nSPS) is 9.77. The van der Waals surface area contributed by atoms with Gasteiger partial charge in [-0.1, -0.05) is 0 Å². The summed E-state index contributed by atoms with van der Waals surface area (Å²) in [5.41, 5.74) is 0. The summed E-state index contributed by atoms with van der Waals surface area (Å²) in [6.07, 6.45) is 0. The summed E-state index contributed by atoms with van der Waals surface area (Å²) in [5, 5.41) is 0. The Balaban J connectivity index is 2.73. The zero-order valence-electron chi connectivity index (χ0n) is 7.54. The Morgan fingerprint density at radius 1 is 1.31 bits per heavy atom. The van der Waals surface area contributed by atoms with Gasteiger partial charge < -0.3 is 14.2 Å². The fraction of sp³-hybridized carbons (Fsp3) is 0.333. The summed E-state index contributed by atoms with van der Waals surface area (Å²) >= 11 is 3.36. The number of ether oxygens (including phenoxy) is 3. The van der Waals surface area contributed by atoms with Gasteiger partial charge in [0, 0.05) is 7.11 Å². The van der Waals surface area contributed by atoms with Crippen LogP contribution in [0.3, 0.4) is 0 Å². The molecule has 0 atom stereocenters. The minimum Gasteiger partial charge on any atom is -0.497 e. The van der Waals surface area contributed by atoms with Gasteiger partial charge in [0.05, 0.1) is 11.6 Å². The molecule has 0 radical (unpaired) electrons. The first-order valence-corrected chi connectivity index (χ1v) is 4.52. The molecule has 0 aliphatic rings. The molecule has 0 N–H and O–H groups in total. The lowest BCUT2D eigenvalue weighted by atomic mass is 10.3. The van der Waals surface area contributed by atoms with Crippen LogP contribution in [-0.4, -0.2) is 21.0 Å². The van der Waals surface area contributed by atoms with E-state index < -0.39 is 0 Å². The van der Waals surface area contributed by atoms with Gasteiger partial charge in [0.15, 0.2) is 6.79 Å². The van der Waals surface area contributed by atoms with Crippen molar-refractivity contribution in [3.63, 3.8) is 0 Å². The lowest BCUT2D eigenvalue weighted by molar-refractivity contribution is 0.0505. The van der Waals surface area contributed by atoms with Crippen molar-refractivity contribution in [3.8, 4) is 11.5 Å². The second-order valence-electron chi connectivity index (χ2n) is 2.35. The molecule has 0 aliphatic heterocycles. The largest absolute Gasteiger partial charge is 0.497 e. The highest BCUT2D eigenvalue weighted by Crippen LogP contribution is 2.28. The van der Waals surface area contributed by atoms with Crippen molar-refractivity contribution >= 4 is 15.9 Å². The van der Waals surface area contributed by atoms with Crippen LogP contribution in [0.15, 0.2) is 22.7 Å². The van der Waals surface area contributed by atoms with E-state index in [0.717, 1.165) is 16.0 Å². The molecule has 4 heteroatoms. The number of benzene rings is 1. The van der Waals surface area contributed by atoms with Crippen LogP contribution in [0.1, 0.15) is 0 Å². The molecule has 1 aromatic carbocycles. The summed E-state index contributed by atoms with van der Waals surface area (Å²) in [6.45, 7) is 0.241. The molecule has 0 amide bonds. The van der Waals surface area contributed by atoms with E-state index in [1.165, 1.54) is 0 Å². The highest BCUT2D eigenvalue weighted by Gasteiger charge is 2.01. The van der Waals surface area contributed by atoms with E-state index in [1.807, 2.05) is 18.2 Å². The van der Waals surface area contributed by atoms with E-state index >= 15 is 0 Å². The molecule has 0 fully saturated rings. The molecule has 0 spiro atoms. The van der Waals surface area contributed by atoms with Crippen molar-refractivity contribution in [1.29, 1.82) is 0 Å². The third kappa shape index (κ3) is 2.90. The molecular formula is C9H11BrO3. The molecule has 0 aliphatic carbocycles. The minimum absolute atomic E-state index is 0.241. The Bertz CT molecular complexity index is 276. The summed E-state index contributed by atoms with van der Waals surface area (Å²) in [4.78, 5) is 0. The van der Waals surface area contributed by atoms with Crippen LogP contribution in [0, 0.1) is 0 Å². The Kier molecular flexibility index (Phi) is 4.05. The van der Waals surface area contributed by atoms with Gasteiger partial charge in [0.25, 0.3) is 0 Å². The van der Waals surface area contributed by atoms with E-state index in [4.69, 9.17) is 14.2 Å². The highest BCUT2D eigenvalue weighted by atomic mass is 79.9. The van der Waals surface area contributed by atoms with Crippen molar-refractivity contribution < 1.29 is 14.2 Å². The molecule has 0 saturated carbocycles. The van der Waals surface area contributed by atoms with Crippen LogP contribution in [0.4, 0.5) is 0 Å². The maximum atomic E-state index is 5.26. The lowest BCUT2D eigenvalue weighted by Gasteiger charge is -2.07. The van der Waals surface area contributed by atoms with Crippen LogP contribution < -0.4 is 9.47 Å². The van der Waals surface area contributed by atoms with Crippen molar-refractivity contribution in [2.75, 3.05) is 21.0 Å². The maximum Gasteiger partial charge on any atom is 0.188 e. The molecule has 1 aromatic rings. The molecule has 3 nitrogen and oxygen atoms in total. The van der Waals surface area contributed by atoms with Gasteiger partial charge in [-0.15, -0.1) is 0 Å². The van der Waals surface area contributed by atoms with Crippen LogP contribution >= 0.6 is 15.9 Å². The third-order valence-corrected chi connectivity index (χ3v) is 2.09. The van der Waals surface area contributed by atoms with Crippen LogP contribution in [0.2, 0.25) is 0 Å². The molecule has 0 heterocycles. The zero-order valence-corrected chi connectivity index (χ0v) is 9.13. The minimum atomic E-state index is 0.241. The fourth-order valence-electron chi connectivity index (χ4n) is 0.848. The predicted molar refractivity (Wildman–Crippen MR) is 53.2 cm³/mol. The van der Waals surface area contributed by atoms with Gasteiger partial charge in [-0.25, -0.2) is 0 Å². The van der Waals surface area contributed by atoms with Crippen molar-refractivity contribution in [2.24, 2.45) is 0 Å². The predicted octanol–water partition coefficient (Wildman–Crippen LogP) is 2.44. The molecule has 0 unspecified atom stereocenters. The molecule has 0 aromatic heterocycles.